The molecule has 6 heteroatoms. The molecule has 0 radical (unpaired) electrons. The lowest BCUT2D eigenvalue weighted by Crippen LogP contribution is -2.69. The van der Waals surface area contributed by atoms with Crippen LogP contribution in [0.25, 0.3) is 0 Å². The van der Waals surface area contributed by atoms with Crippen molar-refractivity contribution >= 4 is 24.7 Å². The highest BCUT2D eigenvalue weighted by Crippen LogP contribution is 2.41. The van der Waals surface area contributed by atoms with Gasteiger partial charge < -0.3 is 19.6 Å². The van der Waals surface area contributed by atoms with Crippen LogP contribution >= 0.6 is 0 Å². The first-order valence-corrected chi connectivity index (χ1v) is 12.3. The largest absolute Gasteiger partial charge is 0.469 e. The quantitative estimate of drug-likeness (QED) is 0.566. The van der Waals surface area contributed by atoms with E-state index in [1.54, 1.807) is 7.11 Å². The number of benzene rings is 2. The SMILES string of the molecule is COC(=O)[C@H]1C[C@@H](N)[C@H](OC)[C@@H]1O[Si](c1ccccc1)(c1ccccc1)C(C)(C)C. The van der Waals surface area contributed by atoms with Gasteiger partial charge in [0.1, 0.15) is 0 Å². The summed E-state index contributed by atoms with van der Waals surface area (Å²) >= 11 is 0. The minimum Gasteiger partial charge on any atom is -0.469 e. The fourth-order valence-corrected chi connectivity index (χ4v) is 9.49. The van der Waals surface area contributed by atoms with Gasteiger partial charge in [-0.15, -0.1) is 0 Å². The van der Waals surface area contributed by atoms with E-state index in [0.717, 1.165) is 10.4 Å². The Morgan fingerprint density at radius 2 is 1.43 bits per heavy atom. The van der Waals surface area contributed by atoms with Crippen molar-refractivity contribution in [2.75, 3.05) is 14.2 Å². The monoisotopic (exact) mass is 427 g/mol. The minimum atomic E-state index is -2.85. The van der Waals surface area contributed by atoms with Crippen molar-refractivity contribution in [1.82, 2.24) is 0 Å². The molecule has 0 aromatic heterocycles. The van der Waals surface area contributed by atoms with Gasteiger partial charge in [0, 0.05) is 13.2 Å². The lowest BCUT2D eigenvalue weighted by Gasteiger charge is -2.46. The van der Waals surface area contributed by atoms with Crippen LogP contribution in [0.5, 0.6) is 0 Å². The lowest BCUT2D eigenvalue weighted by atomic mass is 10.1. The lowest BCUT2D eigenvalue weighted by molar-refractivity contribution is -0.149. The van der Waals surface area contributed by atoms with E-state index in [-0.39, 0.29) is 23.2 Å². The zero-order valence-electron chi connectivity index (χ0n) is 18.5. The van der Waals surface area contributed by atoms with Crippen molar-refractivity contribution in [1.29, 1.82) is 0 Å². The topological polar surface area (TPSA) is 70.8 Å². The van der Waals surface area contributed by atoms with Gasteiger partial charge in [-0.1, -0.05) is 81.4 Å². The molecule has 0 heterocycles. The van der Waals surface area contributed by atoms with Gasteiger partial charge in [0.05, 0.1) is 25.2 Å². The first-order valence-electron chi connectivity index (χ1n) is 10.4. The van der Waals surface area contributed by atoms with E-state index < -0.39 is 20.3 Å². The Bertz CT molecular complexity index is 798. The first-order chi connectivity index (χ1) is 14.3. The van der Waals surface area contributed by atoms with Crippen LogP contribution in [0.1, 0.15) is 27.2 Å². The van der Waals surface area contributed by atoms with Crippen molar-refractivity contribution in [2.45, 2.75) is 50.5 Å². The van der Waals surface area contributed by atoms with E-state index in [2.05, 4.69) is 45.0 Å². The van der Waals surface area contributed by atoms with Crippen molar-refractivity contribution in [2.24, 2.45) is 11.7 Å². The van der Waals surface area contributed by atoms with Crippen LogP contribution in [-0.2, 0) is 18.7 Å². The molecule has 0 spiro atoms. The Hall–Kier alpha value is -1.99. The number of hydrogen-bond donors (Lipinski definition) is 1. The van der Waals surface area contributed by atoms with Crippen molar-refractivity contribution < 1.29 is 18.7 Å². The van der Waals surface area contributed by atoms with Gasteiger partial charge in [0.15, 0.2) is 0 Å². The number of nitrogens with two attached hydrogens (primary N) is 1. The van der Waals surface area contributed by atoms with Gasteiger partial charge in [0.25, 0.3) is 8.32 Å². The standard InChI is InChI=1S/C24H33NO4Si/c1-24(2,3)30(17-12-8-6-9-13-17,18-14-10-7-11-15-18)29-21-19(23(26)28-5)16-20(25)22(21)27-4/h6-15,19-22H,16,25H2,1-5H3/t19-,20+,21+,22-/m0/s1. The molecule has 162 valence electrons. The Morgan fingerprint density at radius 3 is 1.83 bits per heavy atom. The van der Waals surface area contributed by atoms with Gasteiger partial charge in [0.2, 0.25) is 0 Å². The highest BCUT2D eigenvalue weighted by atomic mass is 28.4. The van der Waals surface area contributed by atoms with Crippen molar-refractivity contribution in [3.05, 3.63) is 60.7 Å². The van der Waals surface area contributed by atoms with Crippen molar-refractivity contribution in [3.8, 4) is 0 Å². The average Bonchev–Trinajstić information content (AvgIpc) is 3.06. The normalized spacial score (nSPS) is 24.6. The summed E-state index contributed by atoms with van der Waals surface area (Å²) in [4.78, 5) is 12.6. The number of methoxy groups -OCH3 is 2. The molecule has 0 unspecified atom stereocenters. The molecule has 4 atom stereocenters. The van der Waals surface area contributed by atoms with Crippen LogP contribution in [0, 0.1) is 5.92 Å². The van der Waals surface area contributed by atoms with Gasteiger partial charge in [-0.05, 0) is 21.8 Å². The third-order valence-corrected chi connectivity index (χ3v) is 11.2. The summed E-state index contributed by atoms with van der Waals surface area (Å²) in [6.45, 7) is 6.63. The predicted molar refractivity (Wildman–Crippen MR) is 121 cm³/mol. The van der Waals surface area contributed by atoms with E-state index in [0.29, 0.717) is 6.42 Å². The second-order valence-corrected chi connectivity index (χ2v) is 13.2. The molecule has 30 heavy (non-hydrogen) atoms. The molecule has 1 aliphatic rings. The summed E-state index contributed by atoms with van der Waals surface area (Å²) in [6, 6.07) is 20.4. The van der Waals surface area contributed by atoms with E-state index in [9.17, 15) is 4.79 Å². The molecule has 1 fully saturated rings. The van der Waals surface area contributed by atoms with Crippen LogP contribution in [0.2, 0.25) is 5.04 Å². The smallest absolute Gasteiger partial charge is 0.311 e. The maximum Gasteiger partial charge on any atom is 0.311 e. The molecule has 1 saturated carbocycles. The summed E-state index contributed by atoms with van der Waals surface area (Å²) in [5.74, 6) is -0.760. The Morgan fingerprint density at radius 1 is 0.933 bits per heavy atom. The molecule has 0 bridgehead atoms. The highest BCUT2D eigenvalue weighted by molar-refractivity contribution is 6.99. The molecule has 0 aliphatic heterocycles. The third-order valence-electron chi connectivity index (χ3n) is 6.17. The van der Waals surface area contributed by atoms with Gasteiger partial charge >= 0.3 is 5.97 Å². The molecule has 0 amide bonds. The summed E-state index contributed by atoms with van der Waals surface area (Å²) in [5.41, 5.74) is 6.37. The van der Waals surface area contributed by atoms with Crippen LogP contribution in [0.3, 0.4) is 0 Å². The summed E-state index contributed by atoms with van der Waals surface area (Å²) in [6.07, 6.45) is -0.381. The summed E-state index contributed by atoms with van der Waals surface area (Å²) < 4.78 is 18.0. The zero-order valence-corrected chi connectivity index (χ0v) is 19.5. The number of esters is 1. The molecule has 3 rings (SSSR count). The van der Waals surface area contributed by atoms with Crippen LogP contribution < -0.4 is 16.1 Å². The summed E-state index contributed by atoms with van der Waals surface area (Å²) in [5, 5.41) is 2.10. The van der Waals surface area contributed by atoms with E-state index in [1.165, 1.54) is 7.11 Å². The number of carbonyl (C=O) groups is 1. The Kier molecular flexibility index (Phi) is 6.82. The number of carbonyl (C=O) groups excluding carboxylic acids is 1. The number of rotatable bonds is 6. The van der Waals surface area contributed by atoms with E-state index in [1.807, 2.05) is 36.4 Å². The molecule has 2 aromatic carbocycles. The predicted octanol–water partition coefficient (Wildman–Crippen LogP) is 2.47. The van der Waals surface area contributed by atoms with Gasteiger partial charge in [-0.2, -0.15) is 0 Å². The number of ether oxygens (including phenoxy) is 2. The van der Waals surface area contributed by atoms with Crippen LogP contribution in [-0.4, -0.2) is 46.8 Å². The van der Waals surface area contributed by atoms with Crippen molar-refractivity contribution in [3.63, 3.8) is 0 Å². The van der Waals surface area contributed by atoms with Gasteiger partial charge in [-0.3, -0.25) is 4.79 Å². The fraction of sp³-hybridized carbons (Fsp3) is 0.458. The second kappa shape index (κ2) is 9.02. The molecular weight excluding hydrogens is 394 g/mol. The fourth-order valence-electron chi connectivity index (χ4n) is 4.77. The minimum absolute atomic E-state index is 0.207. The van der Waals surface area contributed by atoms with E-state index >= 15 is 0 Å². The maximum absolute atomic E-state index is 12.6. The molecule has 5 nitrogen and oxygen atoms in total. The number of hydrogen-bond acceptors (Lipinski definition) is 5. The highest BCUT2D eigenvalue weighted by Gasteiger charge is 2.56. The van der Waals surface area contributed by atoms with Gasteiger partial charge in [-0.25, -0.2) is 0 Å². The average molecular weight is 428 g/mol. The molecule has 2 aromatic rings. The molecule has 2 N–H and O–H groups in total. The molecular formula is C24H33NO4Si. The second-order valence-electron chi connectivity index (χ2n) is 8.98. The molecule has 0 saturated heterocycles. The Balaban J connectivity index is 2.21. The molecule has 1 aliphatic carbocycles. The maximum atomic E-state index is 12.6. The van der Waals surface area contributed by atoms with E-state index in [4.69, 9.17) is 19.6 Å². The first kappa shape index (κ1) is 22.7. The van der Waals surface area contributed by atoms with Crippen LogP contribution in [0.15, 0.2) is 60.7 Å². The zero-order chi connectivity index (χ0) is 21.9. The Labute approximate surface area is 180 Å². The summed E-state index contributed by atoms with van der Waals surface area (Å²) in [7, 11) is 0.196. The third kappa shape index (κ3) is 3.97. The van der Waals surface area contributed by atoms with Crippen LogP contribution in [0.4, 0.5) is 0 Å².